The van der Waals surface area contributed by atoms with Gasteiger partial charge in [0.05, 0.1) is 0 Å². The molecule has 0 saturated carbocycles. The minimum absolute atomic E-state index is 1.04. The second-order valence-electron chi connectivity index (χ2n) is 4.53. The summed E-state index contributed by atoms with van der Waals surface area (Å²) in [6.07, 6.45) is 2.15. The predicted molar refractivity (Wildman–Crippen MR) is 84.0 cm³/mol. The maximum Gasteiger partial charge on any atom is -0.0105 e. The SMILES string of the molecule is [c]1cc[c]c(C=C(c2ccccc2)c2ccccc2)c1. The summed E-state index contributed by atoms with van der Waals surface area (Å²) in [5.41, 5.74) is 4.64. The fourth-order valence-corrected chi connectivity index (χ4v) is 2.17. The summed E-state index contributed by atoms with van der Waals surface area (Å²) in [5, 5.41) is 0. The van der Waals surface area contributed by atoms with Crippen LogP contribution in [0.3, 0.4) is 0 Å². The molecule has 0 aliphatic rings. The Morgan fingerprint density at radius 1 is 0.750 bits per heavy atom. The van der Waals surface area contributed by atoms with E-state index < -0.39 is 0 Å². The highest BCUT2D eigenvalue weighted by atomic mass is 14.1. The molecule has 3 rings (SSSR count). The van der Waals surface area contributed by atoms with E-state index in [0.717, 1.165) is 5.56 Å². The quantitative estimate of drug-likeness (QED) is 0.585. The second kappa shape index (κ2) is 6.03. The molecule has 0 bridgehead atoms. The molecule has 0 fully saturated rings. The standard InChI is InChI=1S/C20H14/c1-4-10-17(11-5-1)16-20(18-12-6-2-7-13-18)19-14-8-3-9-15-19/h1-4,6-9,11-16H. The van der Waals surface area contributed by atoms with Crippen LogP contribution in [0.2, 0.25) is 0 Å². The summed E-state index contributed by atoms with van der Waals surface area (Å²) in [6.45, 7) is 0. The topological polar surface area (TPSA) is 0 Å². The van der Waals surface area contributed by atoms with Crippen LogP contribution in [0, 0.1) is 12.1 Å². The Morgan fingerprint density at radius 2 is 1.35 bits per heavy atom. The molecular weight excluding hydrogens is 240 g/mol. The average molecular weight is 254 g/mol. The lowest BCUT2D eigenvalue weighted by molar-refractivity contribution is 1.55. The largest absolute Gasteiger partial charge is 0.0622 e. The minimum atomic E-state index is 1.04. The van der Waals surface area contributed by atoms with Crippen LogP contribution in [0.1, 0.15) is 16.7 Å². The van der Waals surface area contributed by atoms with Crippen LogP contribution in [0.4, 0.5) is 0 Å². The molecule has 0 saturated heterocycles. The van der Waals surface area contributed by atoms with Gasteiger partial charge in [-0.25, -0.2) is 0 Å². The number of hydrogen-bond donors (Lipinski definition) is 0. The van der Waals surface area contributed by atoms with Crippen molar-refractivity contribution >= 4 is 11.6 Å². The van der Waals surface area contributed by atoms with Crippen LogP contribution in [-0.4, -0.2) is 0 Å². The number of hydrogen-bond acceptors (Lipinski definition) is 0. The molecule has 94 valence electrons. The fourth-order valence-electron chi connectivity index (χ4n) is 2.17. The Bertz CT molecular complexity index is 638. The summed E-state index contributed by atoms with van der Waals surface area (Å²) in [4.78, 5) is 0. The van der Waals surface area contributed by atoms with Gasteiger partial charge in [-0.1, -0.05) is 72.8 Å². The molecule has 0 N–H and O–H groups in total. The first kappa shape index (κ1) is 12.4. The molecule has 0 amide bonds. The zero-order valence-corrected chi connectivity index (χ0v) is 11.1. The van der Waals surface area contributed by atoms with Crippen molar-refractivity contribution < 1.29 is 0 Å². The molecule has 20 heavy (non-hydrogen) atoms. The van der Waals surface area contributed by atoms with Crippen LogP contribution < -0.4 is 0 Å². The van der Waals surface area contributed by atoms with Gasteiger partial charge in [0.1, 0.15) is 0 Å². The zero-order chi connectivity index (χ0) is 13.6. The molecule has 0 atom stereocenters. The van der Waals surface area contributed by atoms with Crippen LogP contribution >= 0.6 is 0 Å². The van der Waals surface area contributed by atoms with E-state index in [4.69, 9.17) is 0 Å². The third-order valence-corrected chi connectivity index (χ3v) is 3.14. The van der Waals surface area contributed by atoms with Crippen molar-refractivity contribution in [3.63, 3.8) is 0 Å². The smallest absolute Gasteiger partial charge is 0.0105 e. The highest BCUT2D eigenvalue weighted by Crippen LogP contribution is 2.25. The normalized spacial score (nSPS) is 10.0. The van der Waals surface area contributed by atoms with E-state index in [9.17, 15) is 0 Å². The Hall–Kier alpha value is -2.60. The Morgan fingerprint density at radius 3 is 1.85 bits per heavy atom. The van der Waals surface area contributed by atoms with Crippen molar-refractivity contribution in [3.05, 3.63) is 108 Å². The maximum absolute atomic E-state index is 3.23. The highest BCUT2D eigenvalue weighted by Gasteiger charge is 2.04. The first-order valence-electron chi connectivity index (χ1n) is 6.64. The van der Waals surface area contributed by atoms with Gasteiger partial charge in [-0.2, -0.15) is 0 Å². The van der Waals surface area contributed by atoms with Gasteiger partial charge in [-0.05, 0) is 46.5 Å². The van der Waals surface area contributed by atoms with Crippen LogP contribution in [0.25, 0.3) is 11.6 Å². The summed E-state index contributed by atoms with van der Waals surface area (Å²) in [6, 6.07) is 32.9. The Labute approximate surface area is 120 Å². The van der Waals surface area contributed by atoms with Gasteiger partial charge in [0, 0.05) is 0 Å². The van der Waals surface area contributed by atoms with E-state index in [0.29, 0.717) is 0 Å². The molecule has 0 heterocycles. The predicted octanol–water partition coefficient (Wildman–Crippen LogP) is 4.88. The second-order valence-corrected chi connectivity index (χ2v) is 4.53. The van der Waals surface area contributed by atoms with Gasteiger partial charge in [0.2, 0.25) is 0 Å². The summed E-state index contributed by atoms with van der Waals surface area (Å²) < 4.78 is 0. The van der Waals surface area contributed by atoms with E-state index in [1.54, 1.807) is 0 Å². The van der Waals surface area contributed by atoms with Crippen LogP contribution in [0.5, 0.6) is 0 Å². The highest BCUT2D eigenvalue weighted by molar-refractivity contribution is 5.91. The summed E-state index contributed by atoms with van der Waals surface area (Å²) in [5.74, 6) is 0. The molecule has 0 unspecified atom stereocenters. The van der Waals surface area contributed by atoms with Gasteiger partial charge in [-0.15, -0.1) is 0 Å². The van der Waals surface area contributed by atoms with Crippen LogP contribution in [-0.2, 0) is 0 Å². The van der Waals surface area contributed by atoms with E-state index in [2.05, 4.69) is 66.7 Å². The van der Waals surface area contributed by atoms with Gasteiger partial charge in [0.15, 0.2) is 0 Å². The molecule has 0 aliphatic carbocycles. The number of rotatable bonds is 3. The van der Waals surface area contributed by atoms with E-state index in [1.807, 2.05) is 30.3 Å². The molecule has 2 radical (unpaired) electrons. The third kappa shape index (κ3) is 2.86. The monoisotopic (exact) mass is 254 g/mol. The van der Waals surface area contributed by atoms with Crippen molar-refractivity contribution in [1.82, 2.24) is 0 Å². The average Bonchev–Trinajstić information content (AvgIpc) is 2.55. The minimum Gasteiger partial charge on any atom is -0.0622 e. The van der Waals surface area contributed by atoms with E-state index in [-0.39, 0.29) is 0 Å². The zero-order valence-electron chi connectivity index (χ0n) is 11.1. The lowest BCUT2D eigenvalue weighted by atomic mass is 9.96. The molecule has 0 aliphatic heterocycles. The molecule has 3 aromatic rings. The first-order chi connectivity index (χ1) is 9.93. The molecule has 0 spiro atoms. The molecule has 0 aromatic heterocycles. The van der Waals surface area contributed by atoms with Gasteiger partial charge in [0.25, 0.3) is 0 Å². The molecule has 0 nitrogen and oxygen atoms in total. The van der Waals surface area contributed by atoms with E-state index >= 15 is 0 Å². The van der Waals surface area contributed by atoms with Crippen molar-refractivity contribution in [2.24, 2.45) is 0 Å². The summed E-state index contributed by atoms with van der Waals surface area (Å²) in [7, 11) is 0. The maximum atomic E-state index is 3.23. The summed E-state index contributed by atoms with van der Waals surface area (Å²) >= 11 is 0. The number of benzene rings is 3. The van der Waals surface area contributed by atoms with Crippen molar-refractivity contribution in [1.29, 1.82) is 0 Å². The van der Waals surface area contributed by atoms with Crippen molar-refractivity contribution in [3.8, 4) is 0 Å². The van der Waals surface area contributed by atoms with Crippen molar-refractivity contribution in [2.75, 3.05) is 0 Å². The lowest BCUT2D eigenvalue weighted by Gasteiger charge is -2.08. The van der Waals surface area contributed by atoms with Crippen LogP contribution in [0.15, 0.2) is 78.9 Å². The lowest BCUT2D eigenvalue weighted by Crippen LogP contribution is -1.87. The van der Waals surface area contributed by atoms with Gasteiger partial charge in [-0.3, -0.25) is 0 Å². The van der Waals surface area contributed by atoms with E-state index in [1.165, 1.54) is 16.7 Å². The Balaban J connectivity index is 2.12. The molecule has 3 aromatic carbocycles. The van der Waals surface area contributed by atoms with Gasteiger partial charge < -0.3 is 0 Å². The first-order valence-corrected chi connectivity index (χ1v) is 6.64. The third-order valence-electron chi connectivity index (χ3n) is 3.14. The van der Waals surface area contributed by atoms with Gasteiger partial charge >= 0.3 is 0 Å². The van der Waals surface area contributed by atoms with Crippen molar-refractivity contribution in [2.45, 2.75) is 0 Å². The fraction of sp³-hybridized carbons (Fsp3) is 0. The molecular formula is C20H14. The molecule has 0 heteroatoms. The Kier molecular flexibility index (Phi) is 3.75.